The molecule has 0 radical (unpaired) electrons. The lowest BCUT2D eigenvalue weighted by Crippen LogP contribution is -2.61. The van der Waals surface area contributed by atoms with E-state index in [0.717, 1.165) is 12.1 Å². The topological polar surface area (TPSA) is 206 Å². The summed E-state index contributed by atoms with van der Waals surface area (Å²) >= 11 is 0. The lowest BCUT2D eigenvalue weighted by atomic mass is 9.77. The molecule has 18 atom stereocenters. The van der Waals surface area contributed by atoms with Crippen LogP contribution < -0.4 is 0 Å². The number of fused-ring (bicyclic) bond motifs is 1. The van der Waals surface area contributed by atoms with Crippen LogP contribution in [0.4, 0.5) is 4.79 Å². The minimum atomic E-state index is -1.61. The number of likely N-dealkylation sites (N-methyl/N-ethyl adjacent to an activating group) is 2. The Labute approximate surface area is 409 Å². The molecule has 0 amide bonds. The fraction of sp³-hybridized carbons (Fsp3) is 0.804. The van der Waals surface area contributed by atoms with Gasteiger partial charge in [-0.25, -0.2) is 4.79 Å². The molecule has 0 bridgehead atoms. The van der Waals surface area contributed by atoms with Crippen molar-refractivity contribution in [1.29, 1.82) is 0 Å². The van der Waals surface area contributed by atoms with Crippen LogP contribution in [0.15, 0.2) is 30.5 Å². The summed E-state index contributed by atoms with van der Waals surface area (Å²) in [6.45, 7) is 22.1. The second kappa shape index (κ2) is 22.6. The monoisotopic (exact) mass is 974 g/mol. The number of rotatable bonds is 13. The second-order valence-electron chi connectivity index (χ2n) is 21.5. The number of benzene rings is 1. The highest BCUT2D eigenvalue weighted by molar-refractivity contribution is 5.73. The van der Waals surface area contributed by atoms with Gasteiger partial charge < -0.3 is 58.1 Å². The van der Waals surface area contributed by atoms with Crippen molar-refractivity contribution in [3.05, 3.63) is 47.3 Å². The Kier molecular flexibility index (Phi) is 18.0. The van der Waals surface area contributed by atoms with Crippen LogP contribution in [0.25, 0.3) is 0 Å². The SMILES string of the molecule is CC[C@H]1OC(=O)[C@H](C)[C@@H](O[C@H]2C[C@@](C)(OC)[C@@H](O)[C@H](C)O2)[C@H](C)[C@@H](O[C@@H]2O[C@H](C)C[C@H](N(C)CCc3cn(CCc4ccc(C)cc4)nn3)[C@H]2O)[C@](C)(O)C[C@@H](C)CN(C)[C@H](C)[C@H]2OC(=O)O[C@@]21C. The van der Waals surface area contributed by atoms with Crippen LogP contribution in [0.3, 0.4) is 0 Å². The van der Waals surface area contributed by atoms with Gasteiger partial charge in [-0.05, 0) is 107 Å². The van der Waals surface area contributed by atoms with Crippen molar-refractivity contribution >= 4 is 12.1 Å². The molecule has 69 heavy (non-hydrogen) atoms. The van der Waals surface area contributed by atoms with E-state index in [0.29, 0.717) is 38.9 Å². The van der Waals surface area contributed by atoms with E-state index in [4.69, 9.17) is 37.9 Å². The van der Waals surface area contributed by atoms with Crippen molar-refractivity contribution in [2.75, 3.05) is 34.3 Å². The number of esters is 1. The predicted molar refractivity (Wildman–Crippen MR) is 255 cm³/mol. The molecule has 0 saturated carbocycles. The Morgan fingerprint density at radius 2 is 1.65 bits per heavy atom. The summed E-state index contributed by atoms with van der Waals surface area (Å²) in [6.07, 6.45) is -5.36. The number of aliphatic hydroxyl groups excluding tert-OH is 2. The minimum absolute atomic E-state index is 0.119. The van der Waals surface area contributed by atoms with E-state index in [1.807, 2.05) is 59.6 Å². The Bertz CT molecular complexity index is 1990. The highest BCUT2D eigenvalue weighted by Gasteiger charge is 2.58. The molecule has 4 aliphatic heterocycles. The summed E-state index contributed by atoms with van der Waals surface area (Å²) in [5.74, 6) is -2.60. The number of carbonyl (C=O) groups excluding carboxylic acids is 2. The fourth-order valence-corrected chi connectivity index (χ4v) is 11.3. The highest BCUT2D eigenvalue weighted by atomic mass is 16.8. The molecule has 0 spiro atoms. The van der Waals surface area contributed by atoms with Crippen molar-refractivity contribution in [2.24, 2.45) is 17.8 Å². The van der Waals surface area contributed by atoms with Gasteiger partial charge in [-0.2, -0.15) is 0 Å². The maximum Gasteiger partial charge on any atom is 0.509 e. The molecule has 3 N–H and O–H groups in total. The number of hydrogen-bond acceptors (Lipinski definition) is 17. The quantitative estimate of drug-likeness (QED) is 0.230. The van der Waals surface area contributed by atoms with Gasteiger partial charge >= 0.3 is 12.1 Å². The third-order valence-corrected chi connectivity index (χ3v) is 15.6. The number of nitrogens with zero attached hydrogens (tertiary/aromatic N) is 5. The first-order chi connectivity index (χ1) is 32.4. The Balaban J connectivity index is 1.28. The van der Waals surface area contributed by atoms with Crippen LogP contribution in [-0.2, 0) is 62.1 Å². The molecule has 0 aliphatic carbocycles. The number of cyclic esters (lactones) is 1. The predicted octanol–water partition coefficient (Wildman–Crippen LogP) is 4.84. The molecule has 1 aromatic carbocycles. The summed E-state index contributed by atoms with van der Waals surface area (Å²) in [6, 6.07) is 7.73. The molecule has 4 aliphatic rings. The fourth-order valence-electron chi connectivity index (χ4n) is 11.3. The molecule has 390 valence electrons. The van der Waals surface area contributed by atoms with Gasteiger partial charge in [0.05, 0.1) is 47.2 Å². The average Bonchev–Trinajstić information content (AvgIpc) is 3.89. The molecule has 4 fully saturated rings. The van der Waals surface area contributed by atoms with Crippen LogP contribution in [0, 0.1) is 24.7 Å². The molecule has 0 unspecified atom stereocenters. The third-order valence-electron chi connectivity index (χ3n) is 15.6. The molecule has 6 rings (SSSR count). The van der Waals surface area contributed by atoms with Crippen molar-refractivity contribution in [2.45, 2.75) is 212 Å². The summed E-state index contributed by atoms with van der Waals surface area (Å²) < 4.78 is 52.3. The van der Waals surface area contributed by atoms with Crippen molar-refractivity contribution in [3.8, 4) is 0 Å². The van der Waals surface area contributed by atoms with Gasteiger partial charge in [0.1, 0.15) is 18.3 Å². The molecule has 2 aromatic rings. The number of aliphatic hydroxyl groups is 3. The summed E-state index contributed by atoms with van der Waals surface area (Å²) in [5, 5.41) is 45.1. The Morgan fingerprint density at radius 3 is 2.32 bits per heavy atom. The van der Waals surface area contributed by atoms with E-state index in [9.17, 15) is 24.9 Å². The average molecular weight is 974 g/mol. The summed E-state index contributed by atoms with van der Waals surface area (Å²) in [7, 11) is 5.40. The van der Waals surface area contributed by atoms with E-state index >= 15 is 0 Å². The summed E-state index contributed by atoms with van der Waals surface area (Å²) in [5.41, 5.74) is -0.684. The van der Waals surface area contributed by atoms with Crippen LogP contribution in [0.1, 0.15) is 112 Å². The van der Waals surface area contributed by atoms with Gasteiger partial charge in [0.15, 0.2) is 24.3 Å². The number of methoxy groups -OCH3 is 1. The highest BCUT2D eigenvalue weighted by Crippen LogP contribution is 2.42. The van der Waals surface area contributed by atoms with Crippen LogP contribution in [-0.4, -0.2) is 177 Å². The zero-order chi connectivity index (χ0) is 50.7. The van der Waals surface area contributed by atoms with E-state index < -0.39 is 96.1 Å². The first kappa shape index (κ1) is 55.0. The molecule has 18 heteroatoms. The standard InChI is InChI=1S/C51H83N5O13/c1-15-39-51(11)45(68-48(60)69-51)34(7)55(13)27-30(3)25-49(9,61)44(32(5)42(33(6)46(59)65-39)66-40-26-50(10,62-14)43(58)35(8)64-40)67-47-41(57)38(24-31(4)63-47)54(12)22-21-37-28-56(53-52-37)23-20-36-18-16-29(2)17-19-36/h16-19,28,30-35,38-45,47,57-58,61H,15,20-27H2,1-14H3/t30-,31-,32+,33-,34-,35+,38+,39-,40+,41-,42+,43+,44-,45-,47+,49-,50-,51-/m1/s1. The number of hydrogen-bond donors (Lipinski definition) is 3. The number of aryl methyl sites for hydroxylation is 3. The third kappa shape index (κ3) is 12.7. The van der Waals surface area contributed by atoms with E-state index in [2.05, 4.69) is 51.3 Å². The van der Waals surface area contributed by atoms with E-state index in [1.165, 1.54) is 18.2 Å². The van der Waals surface area contributed by atoms with Crippen LogP contribution in [0.5, 0.6) is 0 Å². The summed E-state index contributed by atoms with van der Waals surface area (Å²) in [4.78, 5) is 31.7. The zero-order valence-electron chi connectivity index (χ0n) is 43.6. The largest absolute Gasteiger partial charge is 0.509 e. The normalized spacial score (nSPS) is 40.9. The van der Waals surface area contributed by atoms with Crippen molar-refractivity contribution < 1.29 is 62.8 Å². The smallest absolute Gasteiger partial charge is 0.458 e. The second-order valence-corrected chi connectivity index (χ2v) is 21.5. The van der Waals surface area contributed by atoms with Crippen molar-refractivity contribution in [1.82, 2.24) is 24.8 Å². The molecule has 18 nitrogen and oxygen atoms in total. The van der Waals surface area contributed by atoms with Gasteiger partial charge in [0, 0.05) is 63.8 Å². The van der Waals surface area contributed by atoms with Gasteiger partial charge in [-0.15, -0.1) is 5.10 Å². The van der Waals surface area contributed by atoms with Crippen LogP contribution in [0.2, 0.25) is 0 Å². The van der Waals surface area contributed by atoms with Gasteiger partial charge in [0.2, 0.25) is 0 Å². The van der Waals surface area contributed by atoms with Gasteiger partial charge in [0.25, 0.3) is 0 Å². The van der Waals surface area contributed by atoms with E-state index in [-0.39, 0.29) is 36.9 Å². The lowest BCUT2D eigenvalue weighted by Gasteiger charge is -2.49. The molecule has 1 aromatic heterocycles. The first-order valence-electron chi connectivity index (χ1n) is 25.1. The Morgan fingerprint density at radius 1 is 0.957 bits per heavy atom. The Hall–Kier alpha value is -3.30. The first-order valence-corrected chi connectivity index (χ1v) is 25.1. The molecular formula is C51H83N5O13. The molecular weight excluding hydrogens is 891 g/mol. The van der Waals surface area contributed by atoms with Gasteiger partial charge in [-0.1, -0.05) is 55.8 Å². The lowest BCUT2D eigenvalue weighted by molar-refractivity contribution is -0.318. The zero-order valence-corrected chi connectivity index (χ0v) is 43.6. The van der Waals surface area contributed by atoms with Crippen LogP contribution >= 0.6 is 0 Å². The molecule has 5 heterocycles. The number of aromatic nitrogens is 3. The van der Waals surface area contributed by atoms with Gasteiger partial charge in [-0.3, -0.25) is 14.4 Å². The maximum absolute atomic E-state index is 14.7. The number of ether oxygens (including phenoxy) is 8. The minimum Gasteiger partial charge on any atom is -0.458 e. The molecule has 4 saturated heterocycles. The van der Waals surface area contributed by atoms with E-state index in [1.54, 1.807) is 34.6 Å². The van der Waals surface area contributed by atoms with Crippen molar-refractivity contribution in [3.63, 3.8) is 0 Å². The number of carbonyl (C=O) groups is 2. The maximum atomic E-state index is 14.7.